The molecule has 0 aromatic carbocycles. The van der Waals surface area contributed by atoms with Gasteiger partial charge in [0.2, 0.25) is 0 Å². The van der Waals surface area contributed by atoms with E-state index in [0.717, 1.165) is 29.8 Å². The molecule has 13 heavy (non-hydrogen) atoms. The molecule has 0 spiro atoms. The third-order valence-corrected chi connectivity index (χ3v) is 2.38. The van der Waals surface area contributed by atoms with Gasteiger partial charge in [-0.3, -0.25) is 4.79 Å². The average molecular weight is 176 g/mol. The Morgan fingerprint density at radius 2 is 2.23 bits per heavy atom. The van der Waals surface area contributed by atoms with E-state index in [1.165, 1.54) is 0 Å². The van der Waals surface area contributed by atoms with E-state index in [1.54, 1.807) is 0 Å². The summed E-state index contributed by atoms with van der Waals surface area (Å²) in [6.07, 6.45) is 2.41. The molecule has 1 heterocycles. The van der Waals surface area contributed by atoms with Crippen molar-refractivity contribution < 1.29 is 4.79 Å². The molecule has 0 aliphatic heterocycles. The second-order valence-corrected chi connectivity index (χ2v) is 3.46. The first-order chi connectivity index (χ1) is 6.18. The summed E-state index contributed by atoms with van der Waals surface area (Å²) in [7, 11) is 0. The van der Waals surface area contributed by atoms with Gasteiger partial charge in [0.15, 0.2) is 5.78 Å². The number of aryl methyl sites for hydroxylation is 1. The number of ketones is 1. The normalized spacial score (nSPS) is 15.6. The molecule has 3 nitrogen and oxygen atoms in total. The highest BCUT2D eigenvalue weighted by molar-refractivity contribution is 5.97. The van der Waals surface area contributed by atoms with Crippen LogP contribution in [0.5, 0.6) is 0 Å². The minimum absolute atomic E-state index is 0.136. The highest BCUT2D eigenvalue weighted by Gasteiger charge is 2.20. The summed E-state index contributed by atoms with van der Waals surface area (Å²) in [5, 5.41) is 0. The van der Waals surface area contributed by atoms with Gasteiger partial charge in [-0.05, 0) is 25.8 Å². The zero-order valence-corrected chi connectivity index (χ0v) is 7.63. The summed E-state index contributed by atoms with van der Waals surface area (Å²) < 4.78 is 0. The van der Waals surface area contributed by atoms with Crippen molar-refractivity contribution in [1.29, 1.82) is 0 Å². The van der Waals surface area contributed by atoms with Crippen LogP contribution in [0.3, 0.4) is 0 Å². The van der Waals surface area contributed by atoms with Gasteiger partial charge >= 0.3 is 0 Å². The largest absolute Gasteiger partial charge is 0.398 e. The van der Waals surface area contributed by atoms with Gasteiger partial charge in [-0.25, -0.2) is 4.98 Å². The van der Waals surface area contributed by atoms with Gasteiger partial charge in [-0.15, -0.1) is 0 Å². The Labute approximate surface area is 77.0 Å². The molecule has 0 saturated carbocycles. The molecular formula is C10H12N2O. The molecule has 2 rings (SSSR count). The molecule has 0 radical (unpaired) electrons. The van der Waals surface area contributed by atoms with Crippen molar-refractivity contribution in [2.45, 2.75) is 26.2 Å². The van der Waals surface area contributed by atoms with Crippen LogP contribution in [0.25, 0.3) is 0 Å². The van der Waals surface area contributed by atoms with Crippen LogP contribution < -0.4 is 5.73 Å². The molecule has 0 atom stereocenters. The smallest absolute Gasteiger partial charge is 0.181 e. The van der Waals surface area contributed by atoms with Crippen LogP contribution in [0.15, 0.2) is 6.07 Å². The first-order valence-corrected chi connectivity index (χ1v) is 4.47. The fourth-order valence-electron chi connectivity index (χ4n) is 1.76. The molecule has 0 amide bonds. The fraction of sp³-hybridized carbons (Fsp3) is 0.400. The Kier molecular flexibility index (Phi) is 1.79. The molecule has 2 N–H and O–H groups in total. The van der Waals surface area contributed by atoms with Crippen molar-refractivity contribution >= 4 is 11.5 Å². The maximum absolute atomic E-state index is 11.5. The third-order valence-electron chi connectivity index (χ3n) is 2.38. The van der Waals surface area contributed by atoms with E-state index in [1.807, 2.05) is 13.0 Å². The fourth-order valence-corrected chi connectivity index (χ4v) is 1.76. The van der Waals surface area contributed by atoms with Gasteiger partial charge in [-0.2, -0.15) is 0 Å². The van der Waals surface area contributed by atoms with Crippen LogP contribution in [-0.2, 0) is 6.42 Å². The molecule has 0 bridgehead atoms. The molecule has 1 aliphatic rings. The number of hydrogen-bond acceptors (Lipinski definition) is 3. The van der Waals surface area contributed by atoms with Crippen molar-refractivity contribution in [2.75, 3.05) is 5.73 Å². The van der Waals surface area contributed by atoms with Crippen molar-refractivity contribution in [2.24, 2.45) is 0 Å². The van der Waals surface area contributed by atoms with E-state index < -0.39 is 0 Å². The van der Waals surface area contributed by atoms with Crippen molar-refractivity contribution in [3.8, 4) is 0 Å². The molecule has 0 fully saturated rings. The lowest BCUT2D eigenvalue weighted by Gasteiger charge is -2.15. The lowest BCUT2D eigenvalue weighted by molar-refractivity contribution is 0.0967. The number of anilines is 1. The zero-order valence-electron chi connectivity index (χ0n) is 7.63. The minimum atomic E-state index is 0.136. The number of aromatic nitrogens is 1. The van der Waals surface area contributed by atoms with Gasteiger partial charge in [0, 0.05) is 23.4 Å². The van der Waals surface area contributed by atoms with E-state index in [9.17, 15) is 4.79 Å². The van der Waals surface area contributed by atoms with E-state index in [2.05, 4.69) is 4.98 Å². The van der Waals surface area contributed by atoms with E-state index in [4.69, 9.17) is 5.73 Å². The maximum Gasteiger partial charge on any atom is 0.181 e. The first kappa shape index (κ1) is 8.23. The Morgan fingerprint density at radius 3 is 3.00 bits per heavy atom. The first-order valence-electron chi connectivity index (χ1n) is 4.47. The summed E-state index contributed by atoms with van der Waals surface area (Å²) in [5.41, 5.74) is 8.90. The number of carbonyl (C=O) groups excluding carboxylic acids is 1. The Bertz CT molecular complexity index is 371. The summed E-state index contributed by atoms with van der Waals surface area (Å²) in [6.45, 7) is 1.86. The standard InChI is InChI=1S/C10H12N2O/c1-6-5-8(11)7-3-2-4-9(13)10(7)12-6/h5H,2-4H2,1H3,(H2,11,12). The van der Waals surface area contributed by atoms with E-state index in [-0.39, 0.29) is 5.78 Å². The number of Topliss-reactive ketones (excluding diaryl/α,β-unsaturated/α-hetero) is 1. The number of carbonyl (C=O) groups is 1. The van der Waals surface area contributed by atoms with Gasteiger partial charge < -0.3 is 5.73 Å². The predicted octanol–water partition coefficient (Wildman–Crippen LogP) is 1.49. The summed E-state index contributed by atoms with van der Waals surface area (Å²) in [5.74, 6) is 0.136. The summed E-state index contributed by atoms with van der Waals surface area (Å²) in [4.78, 5) is 15.7. The Balaban J connectivity index is 2.63. The van der Waals surface area contributed by atoms with Crippen LogP contribution >= 0.6 is 0 Å². The SMILES string of the molecule is Cc1cc(N)c2c(n1)C(=O)CCC2. The quantitative estimate of drug-likeness (QED) is 0.651. The molecule has 1 aromatic heterocycles. The number of nitrogens with two attached hydrogens (primary N) is 1. The molecule has 0 unspecified atom stereocenters. The monoisotopic (exact) mass is 176 g/mol. The number of hydrogen-bond donors (Lipinski definition) is 1. The molecule has 1 aliphatic carbocycles. The minimum Gasteiger partial charge on any atom is -0.398 e. The van der Waals surface area contributed by atoms with Crippen LogP contribution in [0.1, 0.15) is 34.6 Å². The average Bonchev–Trinajstić information content (AvgIpc) is 2.07. The summed E-state index contributed by atoms with van der Waals surface area (Å²) in [6, 6.07) is 1.83. The van der Waals surface area contributed by atoms with E-state index in [0.29, 0.717) is 12.1 Å². The number of fused-ring (bicyclic) bond motifs is 1. The second-order valence-electron chi connectivity index (χ2n) is 3.46. The molecule has 0 saturated heterocycles. The van der Waals surface area contributed by atoms with Gasteiger partial charge in [0.1, 0.15) is 5.69 Å². The van der Waals surface area contributed by atoms with Gasteiger partial charge in [0.05, 0.1) is 0 Å². The van der Waals surface area contributed by atoms with Crippen molar-refractivity contribution in [3.05, 3.63) is 23.0 Å². The van der Waals surface area contributed by atoms with E-state index >= 15 is 0 Å². The molecule has 68 valence electrons. The topological polar surface area (TPSA) is 56.0 Å². The highest BCUT2D eigenvalue weighted by Crippen LogP contribution is 2.25. The van der Waals surface area contributed by atoms with Crippen LogP contribution in [0, 0.1) is 6.92 Å². The van der Waals surface area contributed by atoms with Gasteiger partial charge in [-0.1, -0.05) is 0 Å². The lowest BCUT2D eigenvalue weighted by Crippen LogP contribution is -2.15. The van der Waals surface area contributed by atoms with Crippen LogP contribution in [0.2, 0.25) is 0 Å². The summed E-state index contributed by atoms with van der Waals surface area (Å²) >= 11 is 0. The number of nitrogen functional groups attached to an aromatic ring is 1. The lowest BCUT2D eigenvalue weighted by atomic mass is 9.93. The van der Waals surface area contributed by atoms with Crippen LogP contribution in [-0.4, -0.2) is 10.8 Å². The number of pyridine rings is 1. The van der Waals surface area contributed by atoms with Crippen LogP contribution in [0.4, 0.5) is 5.69 Å². The third kappa shape index (κ3) is 1.30. The molecule has 1 aromatic rings. The number of nitrogens with zero attached hydrogens (tertiary/aromatic N) is 1. The second kappa shape index (κ2) is 2.83. The van der Waals surface area contributed by atoms with Gasteiger partial charge in [0.25, 0.3) is 0 Å². The zero-order chi connectivity index (χ0) is 9.42. The maximum atomic E-state index is 11.5. The van der Waals surface area contributed by atoms with Crippen molar-refractivity contribution in [1.82, 2.24) is 4.98 Å². The predicted molar refractivity (Wildman–Crippen MR) is 50.7 cm³/mol. The Hall–Kier alpha value is -1.38. The number of rotatable bonds is 0. The van der Waals surface area contributed by atoms with Crippen molar-refractivity contribution in [3.63, 3.8) is 0 Å². The highest BCUT2D eigenvalue weighted by atomic mass is 16.1. The Morgan fingerprint density at radius 1 is 1.46 bits per heavy atom. The molecular weight excluding hydrogens is 164 g/mol. The molecule has 3 heteroatoms.